The number of nitrogens with zero attached hydrogens (tertiary/aromatic N) is 2. The number of nitrogens with one attached hydrogen (secondary N) is 1. The number of aliphatic hydroxyl groups is 1. The standard InChI is InChI=1S/C14H19N3O4/c1-9(10-4-3-5-11(6-10)17(20)21)14(19)16(2)12-7-15-8-13(12)18/h3-6,9,12-13,15,18H,7-8H2,1-2H3/t9?,12-,13-/m0/s1. The summed E-state index contributed by atoms with van der Waals surface area (Å²) < 4.78 is 0. The van der Waals surface area contributed by atoms with Crippen molar-refractivity contribution >= 4 is 11.6 Å². The molecule has 21 heavy (non-hydrogen) atoms. The molecule has 1 saturated heterocycles. The van der Waals surface area contributed by atoms with Gasteiger partial charge in [-0.1, -0.05) is 12.1 Å². The average Bonchev–Trinajstić information content (AvgIpc) is 2.91. The van der Waals surface area contributed by atoms with E-state index in [0.29, 0.717) is 18.7 Å². The minimum absolute atomic E-state index is 0.0302. The van der Waals surface area contributed by atoms with Crippen LogP contribution in [0.4, 0.5) is 5.69 Å². The van der Waals surface area contributed by atoms with Crippen LogP contribution >= 0.6 is 0 Å². The number of β-amino-alcohol motifs (C(OH)–C–C–N with tert-alkyl or cyclic N) is 1. The number of rotatable bonds is 4. The lowest BCUT2D eigenvalue weighted by Crippen LogP contribution is -2.45. The van der Waals surface area contributed by atoms with Gasteiger partial charge in [0.1, 0.15) is 0 Å². The van der Waals surface area contributed by atoms with Crippen molar-refractivity contribution in [3.63, 3.8) is 0 Å². The zero-order valence-corrected chi connectivity index (χ0v) is 12.0. The van der Waals surface area contributed by atoms with Gasteiger partial charge in [0, 0.05) is 32.3 Å². The van der Waals surface area contributed by atoms with Crippen LogP contribution in [0.15, 0.2) is 24.3 Å². The van der Waals surface area contributed by atoms with Crippen molar-refractivity contribution in [2.45, 2.75) is 25.0 Å². The number of carbonyl (C=O) groups excluding carboxylic acids is 1. The van der Waals surface area contributed by atoms with Crippen LogP contribution in [0.2, 0.25) is 0 Å². The highest BCUT2D eigenvalue weighted by molar-refractivity contribution is 5.83. The molecule has 1 amide bonds. The van der Waals surface area contributed by atoms with E-state index in [1.807, 2.05) is 0 Å². The summed E-state index contributed by atoms with van der Waals surface area (Å²) in [7, 11) is 1.65. The predicted molar refractivity (Wildman–Crippen MR) is 76.9 cm³/mol. The Labute approximate surface area is 122 Å². The first-order valence-electron chi connectivity index (χ1n) is 6.81. The topological polar surface area (TPSA) is 95.7 Å². The maximum Gasteiger partial charge on any atom is 0.269 e. The zero-order valence-electron chi connectivity index (χ0n) is 12.0. The fourth-order valence-corrected chi connectivity index (χ4v) is 2.57. The summed E-state index contributed by atoms with van der Waals surface area (Å²) >= 11 is 0. The molecule has 0 aliphatic carbocycles. The minimum atomic E-state index is -0.587. The number of aliphatic hydroxyl groups excluding tert-OH is 1. The number of likely N-dealkylation sites (N-methyl/N-ethyl adjacent to an activating group) is 1. The molecule has 1 unspecified atom stereocenters. The van der Waals surface area contributed by atoms with Gasteiger partial charge in [0.05, 0.1) is 23.0 Å². The Morgan fingerprint density at radius 1 is 1.52 bits per heavy atom. The highest BCUT2D eigenvalue weighted by Gasteiger charge is 2.33. The molecule has 0 radical (unpaired) electrons. The summed E-state index contributed by atoms with van der Waals surface area (Å²) in [6.45, 7) is 2.73. The predicted octanol–water partition coefficient (Wildman–Crippen LogP) is 0.489. The Bertz CT molecular complexity index is 549. The van der Waals surface area contributed by atoms with Crippen molar-refractivity contribution in [3.05, 3.63) is 39.9 Å². The minimum Gasteiger partial charge on any atom is -0.390 e. The van der Waals surface area contributed by atoms with Gasteiger partial charge in [-0.05, 0) is 12.5 Å². The van der Waals surface area contributed by atoms with E-state index in [-0.39, 0.29) is 17.6 Å². The molecule has 114 valence electrons. The Balaban J connectivity index is 2.15. The van der Waals surface area contributed by atoms with Crippen molar-refractivity contribution in [3.8, 4) is 0 Å². The SMILES string of the molecule is CC(C(=O)N(C)[C@H]1CNC[C@@H]1O)c1cccc([N+](=O)[O-])c1. The zero-order chi connectivity index (χ0) is 15.6. The maximum absolute atomic E-state index is 12.5. The van der Waals surface area contributed by atoms with Crippen LogP contribution in [0, 0.1) is 10.1 Å². The summed E-state index contributed by atoms with van der Waals surface area (Å²) in [5.41, 5.74) is 0.568. The molecule has 0 bridgehead atoms. The number of hydrogen-bond acceptors (Lipinski definition) is 5. The molecular weight excluding hydrogens is 274 g/mol. The molecule has 1 fully saturated rings. The van der Waals surface area contributed by atoms with Gasteiger partial charge < -0.3 is 15.3 Å². The smallest absolute Gasteiger partial charge is 0.269 e. The van der Waals surface area contributed by atoms with E-state index in [9.17, 15) is 20.0 Å². The quantitative estimate of drug-likeness (QED) is 0.622. The van der Waals surface area contributed by atoms with E-state index < -0.39 is 16.9 Å². The van der Waals surface area contributed by atoms with Crippen LogP contribution < -0.4 is 5.32 Å². The molecule has 7 heteroatoms. The second-order valence-corrected chi connectivity index (χ2v) is 5.32. The van der Waals surface area contributed by atoms with Crippen LogP contribution in [0.3, 0.4) is 0 Å². The summed E-state index contributed by atoms with van der Waals surface area (Å²) in [5.74, 6) is -0.661. The van der Waals surface area contributed by atoms with E-state index in [1.165, 1.54) is 17.0 Å². The first kappa shape index (κ1) is 15.4. The maximum atomic E-state index is 12.5. The largest absolute Gasteiger partial charge is 0.390 e. The Kier molecular flexibility index (Phi) is 4.54. The lowest BCUT2D eigenvalue weighted by atomic mass is 9.98. The molecule has 1 heterocycles. The average molecular weight is 293 g/mol. The summed E-state index contributed by atoms with van der Waals surface area (Å²) in [4.78, 5) is 24.3. The van der Waals surface area contributed by atoms with Gasteiger partial charge >= 0.3 is 0 Å². The number of non-ortho nitro benzene ring substituents is 1. The third kappa shape index (κ3) is 3.20. The van der Waals surface area contributed by atoms with Crippen LogP contribution in [0.1, 0.15) is 18.4 Å². The van der Waals surface area contributed by atoms with E-state index in [0.717, 1.165) is 0 Å². The van der Waals surface area contributed by atoms with Gasteiger partial charge in [0.15, 0.2) is 0 Å². The second-order valence-electron chi connectivity index (χ2n) is 5.32. The van der Waals surface area contributed by atoms with Gasteiger partial charge in [-0.15, -0.1) is 0 Å². The Morgan fingerprint density at radius 3 is 2.81 bits per heavy atom. The van der Waals surface area contributed by atoms with Crippen molar-refractivity contribution in [2.24, 2.45) is 0 Å². The first-order chi connectivity index (χ1) is 9.91. The highest BCUT2D eigenvalue weighted by Crippen LogP contribution is 2.23. The molecule has 1 aromatic carbocycles. The fourth-order valence-electron chi connectivity index (χ4n) is 2.57. The van der Waals surface area contributed by atoms with E-state index >= 15 is 0 Å². The lowest BCUT2D eigenvalue weighted by Gasteiger charge is -2.29. The number of nitro benzene ring substituents is 1. The highest BCUT2D eigenvalue weighted by atomic mass is 16.6. The molecule has 2 rings (SSSR count). The molecular formula is C14H19N3O4. The normalized spacial score (nSPS) is 22.8. The Morgan fingerprint density at radius 2 is 2.24 bits per heavy atom. The molecule has 1 aliphatic rings. The van der Waals surface area contributed by atoms with E-state index in [4.69, 9.17) is 0 Å². The third-order valence-electron chi connectivity index (χ3n) is 3.95. The lowest BCUT2D eigenvalue weighted by molar-refractivity contribution is -0.384. The van der Waals surface area contributed by atoms with Crippen molar-refractivity contribution in [2.75, 3.05) is 20.1 Å². The second kappa shape index (κ2) is 6.19. The number of nitro groups is 1. The van der Waals surface area contributed by atoms with Crippen LogP contribution in [-0.4, -0.2) is 53.1 Å². The van der Waals surface area contributed by atoms with E-state index in [2.05, 4.69) is 5.32 Å². The molecule has 1 aliphatic heterocycles. The van der Waals surface area contributed by atoms with Gasteiger partial charge in [0.2, 0.25) is 5.91 Å². The number of benzene rings is 1. The molecule has 7 nitrogen and oxygen atoms in total. The third-order valence-corrected chi connectivity index (χ3v) is 3.95. The van der Waals surface area contributed by atoms with Gasteiger partial charge in [-0.25, -0.2) is 0 Å². The Hall–Kier alpha value is -1.99. The van der Waals surface area contributed by atoms with Crippen LogP contribution in [0.25, 0.3) is 0 Å². The number of hydrogen-bond donors (Lipinski definition) is 2. The fraction of sp³-hybridized carbons (Fsp3) is 0.500. The summed E-state index contributed by atoms with van der Waals surface area (Å²) in [5, 5.41) is 23.7. The first-order valence-corrected chi connectivity index (χ1v) is 6.81. The molecule has 0 spiro atoms. The van der Waals surface area contributed by atoms with Gasteiger partial charge in [0.25, 0.3) is 5.69 Å². The number of carbonyl (C=O) groups is 1. The molecule has 3 atom stereocenters. The monoisotopic (exact) mass is 293 g/mol. The number of amides is 1. The van der Waals surface area contributed by atoms with Crippen molar-refractivity contribution in [1.82, 2.24) is 10.2 Å². The van der Waals surface area contributed by atoms with Crippen molar-refractivity contribution in [1.29, 1.82) is 0 Å². The van der Waals surface area contributed by atoms with Gasteiger partial charge in [-0.2, -0.15) is 0 Å². The van der Waals surface area contributed by atoms with Crippen molar-refractivity contribution < 1.29 is 14.8 Å². The van der Waals surface area contributed by atoms with Gasteiger partial charge in [-0.3, -0.25) is 14.9 Å². The molecule has 1 aromatic rings. The molecule has 2 N–H and O–H groups in total. The summed E-state index contributed by atoms with van der Waals surface area (Å²) in [6.07, 6.45) is -0.587. The molecule has 0 saturated carbocycles. The van der Waals surface area contributed by atoms with E-state index in [1.54, 1.807) is 26.1 Å². The van der Waals surface area contributed by atoms with Crippen LogP contribution in [0.5, 0.6) is 0 Å². The van der Waals surface area contributed by atoms with Crippen LogP contribution in [-0.2, 0) is 4.79 Å². The molecule has 0 aromatic heterocycles. The summed E-state index contributed by atoms with van der Waals surface area (Å²) in [6, 6.07) is 5.82.